The molecule has 52 heavy (non-hydrogen) atoms. The highest BCUT2D eigenvalue weighted by molar-refractivity contribution is 6.74. The third-order valence-corrected chi connectivity index (χ3v) is 22.7. The van der Waals surface area contributed by atoms with Gasteiger partial charge < -0.3 is 14.0 Å². The number of aliphatic hydroxyl groups is 1. The van der Waals surface area contributed by atoms with Crippen molar-refractivity contribution < 1.29 is 14.0 Å². The van der Waals surface area contributed by atoms with E-state index in [9.17, 15) is 5.11 Å². The predicted octanol–water partition coefficient (Wildman–Crippen LogP) is 15.1. The molecule has 0 unspecified atom stereocenters. The van der Waals surface area contributed by atoms with Gasteiger partial charge in [0.1, 0.15) is 6.10 Å². The summed E-state index contributed by atoms with van der Waals surface area (Å²) in [7, 11) is -3.39. The lowest BCUT2D eigenvalue weighted by atomic mass is 9.89. The van der Waals surface area contributed by atoms with Crippen molar-refractivity contribution in [2.45, 2.75) is 201 Å². The van der Waals surface area contributed by atoms with Gasteiger partial charge in [0.2, 0.25) is 0 Å². The van der Waals surface area contributed by atoms with E-state index >= 15 is 0 Å². The quantitative estimate of drug-likeness (QED) is 0.0974. The van der Waals surface area contributed by atoms with Crippen LogP contribution < -0.4 is 0 Å². The van der Waals surface area contributed by atoms with Crippen molar-refractivity contribution in [3.63, 3.8) is 0 Å². The molecule has 0 aliphatic rings. The Labute approximate surface area is 324 Å². The summed E-state index contributed by atoms with van der Waals surface area (Å²) in [6, 6.07) is 24.3. The number of benzene rings is 2. The van der Waals surface area contributed by atoms with Crippen LogP contribution in [-0.2, 0) is 8.85 Å². The zero-order chi connectivity index (χ0) is 38.8. The fraction of sp³-hybridized carbons (Fsp3) is 0.660. The minimum atomic E-state index is -1.70. The number of hydrogen-bond acceptors (Lipinski definition) is 3. The molecule has 0 fully saturated rings. The Bertz CT molecular complexity index is 1240. The van der Waals surface area contributed by atoms with Crippen LogP contribution in [0.1, 0.15) is 176 Å². The average molecular weight is 749 g/mol. The van der Waals surface area contributed by atoms with Crippen LogP contribution in [0.5, 0.6) is 0 Å². The lowest BCUT2D eigenvalue weighted by molar-refractivity contribution is 0.0394. The van der Waals surface area contributed by atoms with E-state index in [1.165, 1.54) is 58.5 Å². The first-order valence-electron chi connectivity index (χ1n) is 21.6. The molecule has 294 valence electrons. The second-order valence-electron chi connectivity index (χ2n) is 15.4. The zero-order valence-corrected chi connectivity index (χ0v) is 37.9. The number of rotatable bonds is 26. The lowest BCUT2D eigenvalue weighted by Crippen LogP contribution is -2.46. The summed E-state index contributed by atoms with van der Waals surface area (Å²) >= 11 is 0. The van der Waals surface area contributed by atoms with Crippen LogP contribution in [0.15, 0.2) is 60.7 Å². The van der Waals surface area contributed by atoms with Crippen LogP contribution in [0, 0.1) is 0 Å². The largest absolute Gasteiger partial charge is 0.411 e. The smallest absolute Gasteiger partial charge is 0.192 e. The van der Waals surface area contributed by atoms with Gasteiger partial charge in [0, 0.05) is 0 Å². The van der Waals surface area contributed by atoms with Gasteiger partial charge in [-0.25, -0.2) is 0 Å². The first-order chi connectivity index (χ1) is 25.0. The maximum Gasteiger partial charge on any atom is 0.192 e. The van der Waals surface area contributed by atoms with E-state index in [4.69, 9.17) is 8.85 Å². The van der Waals surface area contributed by atoms with Gasteiger partial charge in [-0.1, -0.05) is 132 Å². The maximum absolute atomic E-state index is 11.7. The summed E-state index contributed by atoms with van der Waals surface area (Å²) in [5.74, 6) is 0. The standard InChI is InChI=1S/C47H80O3Si2/c1-13-39(33-27-35-46(15-3,16-4)49-51(19-7,20-8)21-9)41-29-25-31-43(37-41)45(48)44-32-26-30-42(38-44)40(14-2)34-28-36-47(17-5,18-6)50-52(22-10,23-11)24-12/h25-26,29-34,37-38,45,48H,13-24,27-28,35-36H2,1-12H3. The molecule has 5 heteroatoms. The van der Waals surface area contributed by atoms with Gasteiger partial charge in [0.15, 0.2) is 16.6 Å². The monoisotopic (exact) mass is 749 g/mol. The van der Waals surface area contributed by atoms with Crippen LogP contribution in [0.3, 0.4) is 0 Å². The van der Waals surface area contributed by atoms with Gasteiger partial charge in [-0.15, -0.1) is 0 Å². The molecule has 2 rings (SSSR count). The molecule has 0 aromatic heterocycles. The van der Waals surface area contributed by atoms with Gasteiger partial charge in [0.25, 0.3) is 0 Å². The highest BCUT2D eigenvalue weighted by Gasteiger charge is 2.39. The molecular formula is C47H80O3Si2. The molecule has 0 saturated heterocycles. The Balaban J connectivity index is 2.29. The van der Waals surface area contributed by atoms with Crippen molar-refractivity contribution in [3.8, 4) is 0 Å². The molecule has 0 aliphatic heterocycles. The molecule has 0 aliphatic carbocycles. The molecule has 0 spiro atoms. The number of allylic oxidation sites excluding steroid dienone is 4. The summed E-state index contributed by atoms with van der Waals surface area (Å²) in [5.41, 5.74) is 6.95. The molecule has 0 amide bonds. The normalized spacial score (nSPS) is 14.2. The van der Waals surface area contributed by atoms with Gasteiger partial charge in [0.05, 0.1) is 11.2 Å². The van der Waals surface area contributed by atoms with Crippen LogP contribution in [-0.4, -0.2) is 32.9 Å². The summed E-state index contributed by atoms with van der Waals surface area (Å²) < 4.78 is 14.3. The van der Waals surface area contributed by atoms with E-state index in [2.05, 4.69) is 144 Å². The fourth-order valence-corrected chi connectivity index (χ4v) is 14.9. The van der Waals surface area contributed by atoms with Crippen molar-refractivity contribution in [2.75, 3.05) is 0 Å². The van der Waals surface area contributed by atoms with Crippen molar-refractivity contribution >= 4 is 27.8 Å². The second kappa shape index (κ2) is 22.6. The summed E-state index contributed by atoms with van der Waals surface area (Å²) in [4.78, 5) is 0. The highest BCUT2D eigenvalue weighted by Crippen LogP contribution is 2.38. The van der Waals surface area contributed by atoms with E-state index in [0.29, 0.717) is 0 Å². The van der Waals surface area contributed by atoms with Crippen molar-refractivity contribution in [3.05, 3.63) is 82.9 Å². The van der Waals surface area contributed by atoms with Crippen LogP contribution in [0.4, 0.5) is 0 Å². The molecule has 0 radical (unpaired) electrons. The van der Waals surface area contributed by atoms with E-state index in [1.807, 2.05) is 0 Å². The SMILES string of the molecule is CCC(=CCCC(CC)(CC)O[Si](CC)(CC)CC)c1cccc(C(O)c2cccc(C(=CCCC(CC)(CC)O[Si](CC)(CC)CC)CC)c2)c1. The Hall–Kier alpha value is -1.77. The molecule has 0 atom stereocenters. The minimum Gasteiger partial charge on any atom is -0.411 e. The summed E-state index contributed by atoms with van der Waals surface area (Å²) in [6.07, 6.45) is 14.5. The summed E-state index contributed by atoms with van der Waals surface area (Å²) in [5, 5.41) is 11.7. The average Bonchev–Trinajstić information content (AvgIpc) is 3.21. The highest BCUT2D eigenvalue weighted by atomic mass is 28.4. The first-order valence-corrected chi connectivity index (χ1v) is 26.7. The second-order valence-corrected chi connectivity index (χ2v) is 24.8. The van der Waals surface area contributed by atoms with Gasteiger partial charge in [-0.3, -0.25) is 0 Å². The molecular weight excluding hydrogens is 669 g/mol. The topological polar surface area (TPSA) is 38.7 Å². The Morgan fingerprint density at radius 1 is 0.558 bits per heavy atom. The van der Waals surface area contributed by atoms with Gasteiger partial charge in [-0.2, -0.15) is 0 Å². The molecule has 2 aromatic rings. The van der Waals surface area contributed by atoms with Crippen LogP contribution in [0.25, 0.3) is 11.1 Å². The first kappa shape index (κ1) is 46.4. The lowest BCUT2D eigenvalue weighted by Gasteiger charge is -2.42. The molecule has 0 saturated carbocycles. The molecule has 2 aromatic carbocycles. The molecule has 3 nitrogen and oxygen atoms in total. The summed E-state index contributed by atoms with van der Waals surface area (Å²) in [6.45, 7) is 27.7. The van der Waals surface area contributed by atoms with Crippen molar-refractivity contribution in [2.24, 2.45) is 0 Å². The minimum absolute atomic E-state index is 0.0338. The fourth-order valence-electron chi connectivity index (χ4n) is 8.41. The Morgan fingerprint density at radius 3 is 1.15 bits per heavy atom. The predicted molar refractivity (Wildman–Crippen MR) is 235 cm³/mol. The Morgan fingerprint density at radius 2 is 0.885 bits per heavy atom. The van der Waals surface area contributed by atoms with Crippen LogP contribution >= 0.6 is 0 Å². The van der Waals surface area contributed by atoms with E-state index in [1.54, 1.807) is 0 Å². The van der Waals surface area contributed by atoms with E-state index in [0.717, 1.165) is 75.3 Å². The van der Waals surface area contributed by atoms with Gasteiger partial charge in [-0.05, 0) is 146 Å². The molecule has 0 bridgehead atoms. The van der Waals surface area contributed by atoms with Gasteiger partial charge >= 0.3 is 0 Å². The zero-order valence-electron chi connectivity index (χ0n) is 35.9. The van der Waals surface area contributed by atoms with E-state index in [-0.39, 0.29) is 11.2 Å². The maximum atomic E-state index is 11.7. The molecule has 1 N–H and O–H groups in total. The van der Waals surface area contributed by atoms with Crippen LogP contribution in [0.2, 0.25) is 36.3 Å². The van der Waals surface area contributed by atoms with E-state index < -0.39 is 22.7 Å². The molecule has 0 heterocycles. The Kier molecular flexibility index (Phi) is 20.1. The van der Waals surface area contributed by atoms with Crippen molar-refractivity contribution in [1.29, 1.82) is 0 Å². The third-order valence-electron chi connectivity index (χ3n) is 13.2. The number of hydrogen-bond donors (Lipinski definition) is 1. The number of aliphatic hydroxyl groups excluding tert-OH is 1. The van der Waals surface area contributed by atoms with Crippen molar-refractivity contribution in [1.82, 2.24) is 0 Å². The third kappa shape index (κ3) is 12.1.